The summed E-state index contributed by atoms with van der Waals surface area (Å²) in [5, 5.41) is 11.6. The Bertz CT molecular complexity index is 456. The molecule has 1 rings (SSSR count). The van der Waals surface area contributed by atoms with Crippen molar-refractivity contribution in [2.45, 2.75) is 45.7 Å². The van der Waals surface area contributed by atoms with E-state index in [1.807, 2.05) is 19.9 Å². The highest BCUT2D eigenvalue weighted by atomic mass is 16.4. The van der Waals surface area contributed by atoms with Gasteiger partial charge in [0.15, 0.2) is 0 Å². The molecule has 0 saturated heterocycles. The van der Waals surface area contributed by atoms with Gasteiger partial charge in [-0.2, -0.15) is 0 Å². The molecule has 0 saturated carbocycles. The van der Waals surface area contributed by atoms with E-state index in [-0.39, 0.29) is 0 Å². The predicted octanol–water partition coefficient (Wildman–Crippen LogP) is 2.37. The standard InChI is InChI=1S/C14H22N2O4/c1-4-5-6-12(13(17)18)15-14(19)16(3)9-11-8-7-10(2)20-11/h7-8,12H,4-6,9H2,1-3H3,(H,15,19)(H,17,18)/t12-/m0/s1. The molecule has 0 aromatic carbocycles. The lowest BCUT2D eigenvalue weighted by Gasteiger charge is -2.20. The Kier molecular flexibility index (Phi) is 6.09. The van der Waals surface area contributed by atoms with Gasteiger partial charge in [0.25, 0.3) is 0 Å². The number of aliphatic carboxylic acids is 1. The molecule has 2 amide bonds. The Morgan fingerprint density at radius 3 is 2.65 bits per heavy atom. The van der Waals surface area contributed by atoms with Crippen molar-refractivity contribution >= 4 is 12.0 Å². The number of amides is 2. The molecule has 2 N–H and O–H groups in total. The van der Waals surface area contributed by atoms with Crippen molar-refractivity contribution in [1.29, 1.82) is 0 Å². The zero-order chi connectivity index (χ0) is 15.1. The number of carboxylic acids is 1. The molecule has 6 nitrogen and oxygen atoms in total. The second kappa shape index (κ2) is 7.57. The average Bonchev–Trinajstić information content (AvgIpc) is 2.79. The molecule has 1 atom stereocenters. The lowest BCUT2D eigenvalue weighted by Crippen LogP contribution is -2.46. The largest absolute Gasteiger partial charge is 0.480 e. The van der Waals surface area contributed by atoms with Crippen LogP contribution in [-0.4, -0.2) is 35.1 Å². The van der Waals surface area contributed by atoms with Crippen molar-refractivity contribution in [2.75, 3.05) is 7.05 Å². The molecular formula is C14H22N2O4. The van der Waals surface area contributed by atoms with Crippen molar-refractivity contribution in [3.05, 3.63) is 23.7 Å². The number of hydrogen-bond acceptors (Lipinski definition) is 3. The third kappa shape index (κ3) is 4.95. The third-order valence-corrected chi connectivity index (χ3v) is 2.98. The fourth-order valence-corrected chi connectivity index (χ4v) is 1.80. The van der Waals surface area contributed by atoms with Crippen molar-refractivity contribution in [1.82, 2.24) is 10.2 Å². The number of hydrogen-bond donors (Lipinski definition) is 2. The summed E-state index contributed by atoms with van der Waals surface area (Å²) in [7, 11) is 1.60. The Balaban J connectivity index is 2.52. The first kappa shape index (κ1) is 16.1. The summed E-state index contributed by atoms with van der Waals surface area (Å²) in [5.41, 5.74) is 0. The molecule has 0 aliphatic heterocycles. The van der Waals surface area contributed by atoms with E-state index in [1.165, 1.54) is 4.90 Å². The van der Waals surface area contributed by atoms with Crippen LogP contribution in [0, 0.1) is 6.92 Å². The maximum absolute atomic E-state index is 11.9. The number of carboxylic acid groups (broad SMARTS) is 1. The van der Waals surface area contributed by atoms with E-state index in [0.717, 1.165) is 18.6 Å². The molecule has 0 fully saturated rings. The SMILES string of the molecule is CCCC[C@H](NC(=O)N(C)Cc1ccc(C)o1)C(=O)O. The molecule has 112 valence electrons. The lowest BCUT2D eigenvalue weighted by molar-refractivity contribution is -0.139. The van der Waals surface area contributed by atoms with Gasteiger partial charge in [-0.1, -0.05) is 19.8 Å². The van der Waals surface area contributed by atoms with Gasteiger partial charge in [-0.05, 0) is 25.5 Å². The van der Waals surface area contributed by atoms with Gasteiger partial charge in [0.1, 0.15) is 17.6 Å². The van der Waals surface area contributed by atoms with E-state index in [2.05, 4.69) is 5.32 Å². The van der Waals surface area contributed by atoms with Crippen molar-refractivity contribution in [3.8, 4) is 0 Å². The first-order valence-electron chi connectivity index (χ1n) is 6.73. The topological polar surface area (TPSA) is 82.8 Å². The third-order valence-electron chi connectivity index (χ3n) is 2.98. The van der Waals surface area contributed by atoms with Crippen LogP contribution >= 0.6 is 0 Å². The van der Waals surface area contributed by atoms with Crippen molar-refractivity contribution < 1.29 is 19.1 Å². The van der Waals surface area contributed by atoms with Gasteiger partial charge in [-0.15, -0.1) is 0 Å². The summed E-state index contributed by atoms with van der Waals surface area (Å²) in [5.74, 6) is 0.440. The second-order valence-electron chi connectivity index (χ2n) is 4.85. The Hall–Kier alpha value is -1.98. The maximum Gasteiger partial charge on any atom is 0.326 e. The van der Waals surface area contributed by atoms with Gasteiger partial charge < -0.3 is 19.7 Å². The minimum absolute atomic E-state index is 0.305. The summed E-state index contributed by atoms with van der Waals surface area (Å²) < 4.78 is 5.38. The number of carbonyl (C=O) groups is 2. The van der Waals surface area contributed by atoms with Crippen LogP contribution in [0.5, 0.6) is 0 Å². The Morgan fingerprint density at radius 2 is 2.15 bits per heavy atom. The first-order chi connectivity index (χ1) is 9.43. The second-order valence-corrected chi connectivity index (χ2v) is 4.85. The molecule has 1 heterocycles. The number of nitrogens with one attached hydrogen (secondary N) is 1. The minimum Gasteiger partial charge on any atom is -0.480 e. The molecule has 0 radical (unpaired) electrons. The van der Waals surface area contributed by atoms with Crippen LogP contribution in [0.3, 0.4) is 0 Å². The number of urea groups is 1. The zero-order valence-corrected chi connectivity index (χ0v) is 12.2. The fraction of sp³-hybridized carbons (Fsp3) is 0.571. The van der Waals surface area contributed by atoms with E-state index in [9.17, 15) is 9.59 Å². The number of furan rings is 1. The molecular weight excluding hydrogens is 260 g/mol. The van der Waals surface area contributed by atoms with E-state index in [1.54, 1.807) is 13.1 Å². The molecule has 20 heavy (non-hydrogen) atoms. The van der Waals surface area contributed by atoms with Crippen LogP contribution in [0.15, 0.2) is 16.5 Å². The van der Waals surface area contributed by atoms with Crippen LogP contribution in [0.25, 0.3) is 0 Å². The quantitative estimate of drug-likeness (QED) is 0.804. The highest BCUT2D eigenvalue weighted by molar-refractivity contribution is 5.82. The molecule has 0 bridgehead atoms. The molecule has 0 unspecified atom stereocenters. The van der Waals surface area contributed by atoms with Crippen LogP contribution in [-0.2, 0) is 11.3 Å². The van der Waals surface area contributed by atoms with Gasteiger partial charge >= 0.3 is 12.0 Å². The van der Waals surface area contributed by atoms with Crippen LogP contribution in [0.2, 0.25) is 0 Å². The monoisotopic (exact) mass is 282 g/mol. The summed E-state index contributed by atoms with van der Waals surface area (Å²) >= 11 is 0. The van der Waals surface area contributed by atoms with Gasteiger partial charge in [0.05, 0.1) is 6.54 Å². The predicted molar refractivity (Wildman–Crippen MR) is 74.4 cm³/mol. The lowest BCUT2D eigenvalue weighted by atomic mass is 10.1. The molecule has 0 aliphatic carbocycles. The minimum atomic E-state index is -1.01. The van der Waals surface area contributed by atoms with E-state index >= 15 is 0 Å². The summed E-state index contributed by atoms with van der Waals surface area (Å²) in [6.07, 6.45) is 2.09. The molecule has 1 aromatic rings. The van der Waals surface area contributed by atoms with Gasteiger partial charge in [0, 0.05) is 7.05 Å². The van der Waals surface area contributed by atoms with Crippen LogP contribution in [0.4, 0.5) is 4.79 Å². The Morgan fingerprint density at radius 1 is 1.45 bits per heavy atom. The van der Waals surface area contributed by atoms with Crippen LogP contribution < -0.4 is 5.32 Å². The number of rotatable bonds is 7. The van der Waals surface area contributed by atoms with Crippen molar-refractivity contribution in [2.24, 2.45) is 0 Å². The average molecular weight is 282 g/mol. The fourth-order valence-electron chi connectivity index (χ4n) is 1.80. The van der Waals surface area contributed by atoms with E-state index in [0.29, 0.717) is 18.7 Å². The normalized spacial score (nSPS) is 11.9. The van der Waals surface area contributed by atoms with Gasteiger partial charge in [-0.3, -0.25) is 0 Å². The zero-order valence-electron chi connectivity index (χ0n) is 12.2. The maximum atomic E-state index is 11.9. The van der Waals surface area contributed by atoms with E-state index in [4.69, 9.17) is 9.52 Å². The number of carbonyl (C=O) groups excluding carboxylic acids is 1. The van der Waals surface area contributed by atoms with Gasteiger partial charge in [0.2, 0.25) is 0 Å². The molecule has 6 heteroatoms. The van der Waals surface area contributed by atoms with Gasteiger partial charge in [-0.25, -0.2) is 9.59 Å². The molecule has 0 aliphatic rings. The number of unbranched alkanes of at least 4 members (excludes halogenated alkanes) is 1. The molecule has 1 aromatic heterocycles. The van der Waals surface area contributed by atoms with Crippen LogP contribution in [0.1, 0.15) is 37.7 Å². The highest BCUT2D eigenvalue weighted by Gasteiger charge is 2.21. The smallest absolute Gasteiger partial charge is 0.326 e. The highest BCUT2D eigenvalue weighted by Crippen LogP contribution is 2.09. The summed E-state index contributed by atoms with van der Waals surface area (Å²) in [6, 6.07) is 2.36. The number of nitrogens with zero attached hydrogens (tertiary/aromatic N) is 1. The number of aryl methyl sites for hydroxylation is 1. The Labute approximate surface area is 118 Å². The molecule has 0 spiro atoms. The summed E-state index contributed by atoms with van der Waals surface area (Å²) in [6.45, 7) is 4.11. The van der Waals surface area contributed by atoms with E-state index < -0.39 is 18.0 Å². The van der Waals surface area contributed by atoms with Crippen molar-refractivity contribution in [3.63, 3.8) is 0 Å². The first-order valence-corrected chi connectivity index (χ1v) is 6.73. The summed E-state index contributed by atoms with van der Waals surface area (Å²) in [4.78, 5) is 24.4.